The maximum absolute atomic E-state index is 4.24. The van der Waals surface area contributed by atoms with E-state index in [2.05, 4.69) is 33.5 Å². The van der Waals surface area contributed by atoms with E-state index in [0.29, 0.717) is 0 Å². The lowest BCUT2D eigenvalue weighted by Crippen LogP contribution is -2.10. The summed E-state index contributed by atoms with van der Waals surface area (Å²) in [6, 6.07) is 8.82. The molecule has 2 N–H and O–H groups in total. The van der Waals surface area contributed by atoms with Crippen molar-refractivity contribution in [1.82, 2.24) is 15.3 Å². The second-order valence-electron chi connectivity index (χ2n) is 5.49. The molecule has 3 heterocycles. The minimum atomic E-state index is 0.792. The molecule has 96 valence electrons. The van der Waals surface area contributed by atoms with Gasteiger partial charge >= 0.3 is 0 Å². The quantitative estimate of drug-likeness (QED) is 0.735. The number of hydrogen-bond donors (Lipinski definition) is 2. The van der Waals surface area contributed by atoms with Gasteiger partial charge in [0.1, 0.15) is 0 Å². The second kappa shape index (κ2) is 4.35. The summed E-state index contributed by atoms with van der Waals surface area (Å²) in [4.78, 5) is 7.68. The molecule has 0 amide bonds. The Balaban J connectivity index is 1.78. The molecule has 19 heavy (non-hydrogen) atoms. The first-order valence-electron chi connectivity index (χ1n) is 6.95. The molecule has 4 rings (SSSR count). The number of benzene rings is 1. The third-order valence-corrected chi connectivity index (χ3v) is 4.15. The molecule has 3 aromatic rings. The Morgan fingerprint density at radius 3 is 3.00 bits per heavy atom. The topological polar surface area (TPSA) is 40.7 Å². The minimum absolute atomic E-state index is 0.792. The normalized spacial score (nSPS) is 19.5. The summed E-state index contributed by atoms with van der Waals surface area (Å²) in [5.74, 6) is 0.792. The van der Waals surface area contributed by atoms with Crippen LogP contribution in [0.15, 0.2) is 36.7 Å². The zero-order chi connectivity index (χ0) is 12.7. The van der Waals surface area contributed by atoms with E-state index < -0.39 is 0 Å². The highest BCUT2D eigenvalue weighted by Gasteiger charge is 2.15. The van der Waals surface area contributed by atoms with E-state index in [1.54, 1.807) is 0 Å². The van der Waals surface area contributed by atoms with Crippen molar-refractivity contribution in [3.05, 3.63) is 42.2 Å². The van der Waals surface area contributed by atoms with Crippen LogP contribution in [0.5, 0.6) is 0 Å². The largest absolute Gasteiger partial charge is 0.354 e. The highest BCUT2D eigenvalue weighted by atomic mass is 14.9. The van der Waals surface area contributed by atoms with E-state index in [9.17, 15) is 0 Å². The maximum atomic E-state index is 4.24. The number of aromatic amines is 1. The third-order valence-electron chi connectivity index (χ3n) is 4.15. The first-order chi connectivity index (χ1) is 9.40. The Bertz CT molecular complexity index is 723. The predicted molar refractivity (Wildman–Crippen MR) is 78.3 cm³/mol. The number of nitrogens with one attached hydrogen (secondary N) is 2. The summed E-state index contributed by atoms with van der Waals surface area (Å²) in [6.07, 6.45) is 6.27. The van der Waals surface area contributed by atoms with Gasteiger partial charge in [0.2, 0.25) is 0 Å². The molecule has 1 aliphatic rings. The van der Waals surface area contributed by atoms with Crippen LogP contribution in [0.3, 0.4) is 0 Å². The molecule has 3 heteroatoms. The zero-order valence-corrected chi connectivity index (χ0v) is 10.8. The van der Waals surface area contributed by atoms with Gasteiger partial charge in [-0.05, 0) is 55.6 Å². The Hall–Kier alpha value is -1.87. The van der Waals surface area contributed by atoms with Gasteiger partial charge in [-0.3, -0.25) is 4.98 Å². The van der Waals surface area contributed by atoms with Gasteiger partial charge in [-0.25, -0.2) is 0 Å². The average Bonchev–Trinajstić information content (AvgIpc) is 3.06. The van der Waals surface area contributed by atoms with Crippen LogP contribution in [0, 0.1) is 5.92 Å². The highest BCUT2D eigenvalue weighted by Crippen LogP contribution is 2.26. The number of hydrogen-bond acceptors (Lipinski definition) is 2. The Morgan fingerprint density at radius 2 is 2.11 bits per heavy atom. The summed E-state index contributed by atoms with van der Waals surface area (Å²) in [7, 11) is 0. The standard InChI is InChI=1S/C16H17N3/c1-2-15-13(14-10-18-6-4-16(14)19-15)8-11(1)7-12-3-5-17-9-12/h1-2,4,6,8,10,12,17,19H,3,5,7,9H2. The number of pyridine rings is 1. The fraction of sp³-hybridized carbons (Fsp3) is 0.312. The molecule has 0 saturated carbocycles. The van der Waals surface area contributed by atoms with Crippen molar-refractivity contribution >= 4 is 21.8 Å². The van der Waals surface area contributed by atoms with Crippen molar-refractivity contribution in [2.45, 2.75) is 12.8 Å². The third kappa shape index (κ3) is 1.90. The molecule has 0 bridgehead atoms. The number of rotatable bonds is 2. The minimum Gasteiger partial charge on any atom is -0.354 e. The average molecular weight is 251 g/mol. The molecule has 0 radical (unpaired) electrons. The predicted octanol–water partition coefficient (Wildman–Crippen LogP) is 2.87. The van der Waals surface area contributed by atoms with Crippen molar-refractivity contribution in [3.8, 4) is 0 Å². The van der Waals surface area contributed by atoms with Gasteiger partial charge in [0.15, 0.2) is 0 Å². The van der Waals surface area contributed by atoms with Crippen LogP contribution < -0.4 is 5.32 Å². The number of nitrogens with zero attached hydrogens (tertiary/aromatic N) is 1. The van der Waals surface area contributed by atoms with Crippen LogP contribution in [0.4, 0.5) is 0 Å². The molecule has 1 aromatic carbocycles. The summed E-state index contributed by atoms with van der Waals surface area (Å²) in [5, 5.41) is 5.96. The van der Waals surface area contributed by atoms with E-state index in [0.717, 1.165) is 12.5 Å². The fourth-order valence-corrected chi connectivity index (χ4v) is 3.14. The van der Waals surface area contributed by atoms with E-state index in [-0.39, 0.29) is 0 Å². The molecule has 0 spiro atoms. The summed E-state index contributed by atoms with van der Waals surface area (Å²) in [6.45, 7) is 2.33. The van der Waals surface area contributed by atoms with Gasteiger partial charge < -0.3 is 10.3 Å². The Labute approximate surface area is 112 Å². The molecule has 1 aliphatic heterocycles. The molecule has 3 nitrogen and oxygen atoms in total. The molecular formula is C16H17N3. The molecule has 2 aromatic heterocycles. The van der Waals surface area contributed by atoms with E-state index >= 15 is 0 Å². The molecule has 1 fully saturated rings. The van der Waals surface area contributed by atoms with Crippen LogP contribution in [0.25, 0.3) is 21.8 Å². The first kappa shape index (κ1) is 11.0. The number of H-pyrrole nitrogens is 1. The number of aromatic nitrogens is 2. The monoisotopic (exact) mass is 251 g/mol. The SMILES string of the molecule is c1cc2[nH]c3ccc(CC4CCNC4)cc3c2cn1. The lowest BCUT2D eigenvalue weighted by Gasteiger charge is -2.08. The van der Waals surface area contributed by atoms with Crippen LogP contribution >= 0.6 is 0 Å². The van der Waals surface area contributed by atoms with Crippen molar-refractivity contribution in [3.63, 3.8) is 0 Å². The van der Waals surface area contributed by atoms with Gasteiger partial charge in [0, 0.05) is 34.2 Å². The van der Waals surface area contributed by atoms with Crippen molar-refractivity contribution in [2.75, 3.05) is 13.1 Å². The van der Waals surface area contributed by atoms with Crippen molar-refractivity contribution in [2.24, 2.45) is 5.92 Å². The fourth-order valence-electron chi connectivity index (χ4n) is 3.14. The zero-order valence-electron chi connectivity index (χ0n) is 10.8. The number of fused-ring (bicyclic) bond motifs is 3. The van der Waals surface area contributed by atoms with Crippen molar-refractivity contribution < 1.29 is 0 Å². The van der Waals surface area contributed by atoms with E-state index in [1.807, 2.05) is 18.5 Å². The lowest BCUT2D eigenvalue weighted by molar-refractivity contribution is 0.580. The lowest BCUT2D eigenvalue weighted by atomic mass is 9.97. The van der Waals surface area contributed by atoms with Crippen molar-refractivity contribution in [1.29, 1.82) is 0 Å². The Morgan fingerprint density at radius 1 is 1.16 bits per heavy atom. The summed E-state index contributed by atoms with van der Waals surface area (Å²) in [5.41, 5.74) is 3.81. The van der Waals surface area contributed by atoms with Crippen LogP contribution in [0.1, 0.15) is 12.0 Å². The smallest absolute Gasteiger partial charge is 0.0495 e. The highest BCUT2D eigenvalue weighted by molar-refractivity contribution is 6.06. The molecule has 1 saturated heterocycles. The van der Waals surface area contributed by atoms with Gasteiger partial charge in [0.05, 0.1) is 0 Å². The molecule has 0 aliphatic carbocycles. The molecule has 1 unspecified atom stereocenters. The summed E-state index contributed by atoms with van der Waals surface area (Å²) < 4.78 is 0. The Kier molecular flexibility index (Phi) is 2.52. The first-order valence-corrected chi connectivity index (χ1v) is 6.95. The summed E-state index contributed by atoms with van der Waals surface area (Å²) >= 11 is 0. The van der Waals surface area contributed by atoms with Crippen LogP contribution in [0.2, 0.25) is 0 Å². The van der Waals surface area contributed by atoms with Gasteiger partial charge in [-0.1, -0.05) is 6.07 Å². The van der Waals surface area contributed by atoms with E-state index in [4.69, 9.17) is 0 Å². The molecule has 1 atom stereocenters. The van der Waals surface area contributed by atoms with Gasteiger partial charge in [-0.2, -0.15) is 0 Å². The second-order valence-corrected chi connectivity index (χ2v) is 5.49. The van der Waals surface area contributed by atoms with E-state index in [1.165, 1.54) is 46.8 Å². The molecular weight excluding hydrogens is 234 g/mol. The maximum Gasteiger partial charge on any atom is 0.0495 e. The van der Waals surface area contributed by atoms with Gasteiger partial charge in [0.25, 0.3) is 0 Å². The van der Waals surface area contributed by atoms with Crippen LogP contribution in [-0.2, 0) is 6.42 Å². The van der Waals surface area contributed by atoms with Crippen LogP contribution in [-0.4, -0.2) is 23.1 Å². The van der Waals surface area contributed by atoms with Gasteiger partial charge in [-0.15, -0.1) is 0 Å².